The molecule has 1 aliphatic heterocycles. The lowest BCUT2D eigenvalue weighted by Gasteiger charge is -2.19. The molecule has 2 heterocycles. The van der Waals surface area contributed by atoms with E-state index in [4.69, 9.17) is 4.52 Å². The van der Waals surface area contributed by atoms with Crippen molar-refractivity contribution in [3.8, 4) is 11.4 Å². The lowest BCUT2D eigenvalue weighted by atomic mass is 10.1. The van der Waals surface area contributed by atoms with E-state index in [1.54, 1.807) is 0 Å². The Morgan fingerprint density at radius 1 is 1.26 bits per heavy atom. The molecular formula is C14H17N3OS. The molecule has 2 aromatic rings. The Kier molecular flexibility index (Phi) is 3.57. The Hall–Kier alpha value is -1.33. The van der Waals surface area contributed by atoms with Gasteiger partial charge in [0.1, 0.15) is 0 Å². The minimum Gasteiger partial charge on any atom is -0.337 e. The molecule has 100 valence electrons. The molecule has 4 nitrogen and oxygen atoms in total. The van der Waals surface area contributed by atoms with Gasteiger partial charge in [0, 0.05) is 23.6 Å². The summed E-state index contributed by atoms with van der Waals surface area (Å²) in [5, 5.41) is 7.51. The lowest BCUT2D eigenvalue weighted by molar-refractivity contribution is 0.342. The van der Waals surface area contributed by atoms with Crippen molar-refractivity contribution in [3.63, 3.8) is 0 Å². The molecule has 1 aromatic heterocycles. The van der Waals surface area contributed by atoms with E-state index in [9.17, 15) is 0 Å². The topological polar surface area (TPSA) is 51.0 Å². The molecule has 0 radical (unpaired) electrons. The fourth-order valence-electron chi connectivity index (χ4n) is 2.32. The van der Waals surface area contributed by atoms with Gasteiger partial charge in [-0.25, -0.2) is 0 Å². The maximum atomic E-state index is 5.40. The van der Waals surface area contributed by atoms with Crippen LogP contribution in [0.4, 0.5) is 0 Å². The van der Waals surface area contributed by atoms with Crippen LogP contribution in [0.25, 0.3) is 11.4 Å². The van der Waals surface area contributed by atoms with Gasteiger partial charge in [0.2, 0.25) is 11.7 Å². The minimum atomic E-state index is 0.186. The Morgan fingerprint density at radius 2 is 2.05 bits per heavy atom. The summed E-state index contributed by atoms with van der Waals surface area (Å²) >= 11 is 1.92. The van der Waals surface area contributed by atoms with Crippen LogP contribution in [0.1, 0.15) is 23.1 Å². The molecule has 1 N–H and O–H groups in total. The zero-order chi connectivity index (χ0) is 13.2. The van der Waals surface area contributed by atoms with E-state index in [0.717, 1.165) is 23.6 Å². The van der Waals surface area contributed by atoms with E-state index in [-0.39, 0.29) is 6.04 Å². The van der Waals surface area contributed by atoms with E-state index in [0.29, 0.717) is 11.7 Å². The third-order valence-corrected chi connectivity index (χ3v) is 4.20. The fraction of sp³-hybridized carbons (Fsp3) is 0.429. The number of hydrogen-bond donors (Lipinski definition) is 1. The quantitative estimate of drug-likeness (QED) is 0.913. The van der Waals surface area contributed by atoms with Crippen LogP contribution in [0.2, 0.25) is 0 Å². The predicted molar refractivity (Wildman–Crippen MR) is 77.3 cm³/mol. The molecular weight excluding hydrogens is 258 g/mol. The fourth-order valence-corrected chi connectivity index (χ4v) is 3.25. The maximum absolute atomic E-state index is 5.40. The van der Waals surface area contributed by atoms with E-state index in [2.05, 4.69) is 47.5 Å². The molecule has 1 atom stereocenters. The van der Waals surface area contributed by atoms with Gasteiger partial charge in [-0.2, -0.15) is 16.7 Å². The van der Waals surface area contributed by atoms with Gasteiger partial charge < -0.3 is 9.84 Å². The second-order valence-corrected chi connectivity index (χ2v) is 6.06. The first-order valence-electron chi connectivity index (χ1n) is 6.46. The molecule has 1 fully saturated rings. The van der Waals surface area contributed by atoms with Crippen LogP contribution in [0.15, 0.2) is 22.7 Å². The van der Waals surface area contributed by atoms with Gasteiger partial charge in [-0.3, -0.25) is 0 Å². The molecule has 1 saturated heterocycles. The summed E-state index contributed by atoms with van der Waals surface area (Å²) in [6.07, 6.45) is 0. The zero-order valence-corrected chi connectivity index (χ0v) is 12.0. The highest BCUT2D eigenvalue weighted by Crippen LogP contribution is 2.24. The van der Waals surface area contributed by atoms with E-state index in [1.165, 1.54) is 11.1 Å². The SMILES string of the molecule is Cc1cc(C)cc(-c2noc(C3CSCCN3)n2)c1. The second kappa shape index (κ2) is 5.35. The lowest BCUT2D eigenvalue weighted by Crippen LogP contribution is -2.30. The van der Waals surface area contributed by atoms with E-state index >= 15 is 0 Å². The Bertz CT molecular complexity index is 556. The van der Waals surface area contributed by atoms with Crippen LogP contribution in [0.3, 0.4) is 0 Å². The molecule has 19 heavy (non-hydrogen) atoms. The van der Waals surface area contributed by atoms with Gasteiger partial charge >= 0.3 is 0 Å². The average molecular weight is 275 g/mol. The highest BCUT2D eigenvalue weighted by atomic mass is 32.2. The second-order valence-electron chi connectivity index (χ2n) is 4.91. The molecule has 0 spiro atoms. The molecule has 1 unspecified atom stereocenters. The van der Waals surface area contributed by atoms with Crippen LogP contribution < -0.4 is 5.32 Å². The number of rotatable bonds is 2. The van der Waals surface area contributed by atoms with Crippen molar-refractivity contribution in [2.24, 2.45) is 0 Å². The van der Waals surface area contributed by atoms with Crippen molar-refractivity contribution < 1.29 is 4.52 Å². The van der Waals surface area contributed by atoms with Crippen LogP contribution in [0.5, 0.6) is 0 Å². The summed E-state index contributed by atoms with van der Waals surface area (Å²) in [5.41, 5.74) is 3.45. The molecule has 3 rings (SSSR count). The van der Waals surface area contributed by atoms with Crippen molar-refractivity contribution in [1.82, 2.24) is 15.5 Å². The number of thioether (sulfide) groups is 1. The molecule has 5 heteroatoms. The standard InChI is InChI=1S/C14H17N3OS/c1-9-5-10(2)7-11(6-9)13-16-14(18-17-13)12-8-19-4-3-15-12/h5-7,12,15H,3-4,8H2,1-2H3. The average Bonchev–Trinajstić information content (AvgIpc) is 2.88. The number of hydrogen-bond acceptors (Lipinski definition) is 5. The first-order valence-corrected chi connectivity index (χ1v) is 7.61. The summed E-state index contributed by atoms with van der Waals surface area (Å²) in [5.74, 6) is 3.52. The van der Waals surface area contributed by atoms with Crippen LogP contribution >= 0.6 is 11.8 Å². The van der Waals surface area contributed by atoms with Gasteiger partial charge in [0.15, 0.2) is 0 Å². The van der Waals surface area contributed by atoms with Gasteiger partial charge in [0.05, 0.1) is 6.04 Å². The third kappa shape index (κ3) is 2.82. The zero-order valence-electron chi connectivity index (χ0n) is 11.1. The van der Waals surface area contributed by atoms with E-state index in [1.807, 2.05) is 11.8 Å². The molecule has 0 bridgehead atoms. The van der Waals surface area contributed by atoms with Crippen LogP contribution in [0, 0.1) is 13.8 Å². The van der Waals surface area contributed by atoms with Gasteiger partial charge in [-0.1, -0.05) is 22.3 Å². The summed E-state index contributed by atoms with van der Waals surface area (Å²) < 4.78 is 5.40. The number of nitrogens with one attached hydrogen (secondary N) is 1. The summed E-state index contributed by atoms with van der Waals surface area (Å²) in [4.78, 5) is 4.53. The van der Waals surface area contributed by atoms with Crippen molar-refractivity contribution in [2.75, 3.05) is 18.1 Å². The molecule has 0 amide bonds. The normalized spacial score (nSPS) is 19.6. The molecule has 1 aliphatic rings. The van der Waals surface area contributed by atoms with Crippen LogP contribution in [-0.4, -0.2) is 28.2 Å². The van der Waals surface area contributed by atoms with E-state index < -0.39 is 0 Å². The molecule has 0 saturated carbocycles. The Balaban J connectivity index is 1.87. The van der Waals surface area contributed by atoms with Crippen molar-refractivity contribution in [1.29, 1.82) is 0 Å². The van der Waals surface area contributed by atoms with Gasteiger partial charge in [-0.05, 0) is 26.0 Å². The first kappa shape index (κ1) is 12.7. The highest BCUT2D eigenvalue weighted by molar-refractivity contribution is 7.99. The largest absolute Gasteiger partial charge is 0.337 e. The maximum Gasteiger partial charge on any atom is 0.244 e. The summed E-state index contributed by atoms with van der Waals surface area (Å²) in [7, 11) is 0. The summed E-state index contributed by atoms with van der Waals surface area (Å²) in [6.45, 7) is 5.16. The number of benzene rings is 1. The number of aromatic nitrogens is 2. The Labute approximate surface area is 117 Å². The minimum absolute atomic E-state index is 0.186. The third-order valence-electron chi connectivity index (χ3n) is 3.14. The monoisotopic (exact) mass is 275 g/mol. The smallest absolute Gasteiger partial charge is 0.244 e. The molecule has 0 aliphatic carbocycles. The number of aryl methyl sites for hydroxylation is 2. The van der Waals surface area contributed by atoms with Crippen molar-refractivity contribution in [2.45, 2.75) is 19.9 Å². The van der Waals surface area contributed by atoms with Gasteiger partial charge in [0.25, 0.3) is 0 Å². The van der Waals surface area contributed by atoms with Crippen LogP contribution in [-0.2, 0) is 0 Å². The summed E-state index contributed by atoms with van der Waals surface area (Å²) in [6, 6.07) is 6.50. The Morgan fingerprint density at radius 3 is 2.74 bits per heavy atom. The van der Waals surface area contributed by atoms with Gasteiger partial charge in [-0.15, -0.1) is 0 Å². The van der Waals surface area contributed by atoms with Crippen molar-refractivity contribution in [3.05, 3.63) is 35.2 Å². The predicted octanol–water partition coefficient (Wildman–Crippen LogP) is 2.73. The highest BCUT2D eigenvalue weighted by Gasteiger charge is 2.21. The first-order chi connectivity index (χ1) is 9.22. The number of nitrogens with zero attached hydrogens (tertiary/aromatic N) is 2. The van der Waals surface area contributed by atoms with Crippen molar-refractivity contribution >= 4 is 11.8 Å². The molecule has 1 aromatic carbocycles.